The lowest BCUT2D eigenvalue weighted by atomic mass is 9.96. The Labute approximate surface area is 180 Å². The molecule has 2 fully saturated rings. The zero-order valence-corrected chi connectivity index (χ0v) is 18.0. The number of aromatic nitrogens is 3. The van der Waals surface area contributed by atoms with Crippen molar-refractivity contribution < 1.29 is 9.53 Å². The van der Waals surface area contributed by atoms with Crippen molar-refractivity contribution in [2.45, 2.75) is 32.2 Å². The second-order valence-electron chi connectivity index (χ2n) is 8.18. The molecule has 2 aliphatic rings. The molecule has 0 bridgehead atoms. The van der Waals surface area contributed by atoms with E-state index in [1.165, 1.54) is 0 Å². The van der Waals surface area contributed by atoms with E-state index in [0.29, 0.717) is 17.7 Å². The summed E-state index contributed by atoms with van der Waals surface area (Å²) >= 11 is 1.64. The van der Waals surface area contributed by atoms with Gasteiger partial charge in [-0.05, 0) is 43.7 Å². The topological polar surface area (TPSA) is 60.3 Å². The van der Waals surface area contributed by atoms with Crippen LogP contribution in [0.15, 0.2) is 42.9 Å². The number of methoxy groups -OCH3 is 1. The Morgan fingerprint density at radius 3 is 2.73 bits per heavy atom. The fraction of sp³-hybridized carbons (Fsp3) is 0.435. The van der Waals surface area contributed by atoms with Crippen LogP contribution in [0.4, 0.5) is 0 Å². The number of carbonyl (C=O) groups excluding carboxylic acids is 1. The molecular formula is C23H26N4O2S. The first kappa shape index (κ1) is 19.3. The van der Waals surface area contributed by atoms with Gasteiger partial charge in [0, 0.05) is 44.1 Å². The van der Waals surface area contributed by atoms with Gasteiger partial charge >= 0.3 is 0 Å². The van der Waals surface area contributed by atoms with Gasteiger partial charge in [0.05, 0.1) is 17.6 Å². The Kier molecular flexibility index (Phi) is 5.29. The molecule has 3 aromatic rings. The first-order valence-corrected chi connectivity index (χ1v) is 11.4. The minimum Gasteiger partial charge on any atom is -0.496 e. The molecule has 3 heterocycles. The van der Waals surface area contributed by atoms with Crippen molar-refractivity contribution in [1.82, 2.24) is 19.4 Å². The lowest BCUT2D eigenvalue weighted by Gasteiger charge is -2.32. The van der Waals surface area contributed by atoms with Gasteiger partial charge in [0.2, 0.25) is 5.91 Å². The van der Waals surface area contributed by atoms with Crippen LogP contribution in [0.1, 0.15) is 25.7 Å². The molecule has 0 radical (unpaired) electrons. The Bertz CT molecular complexity index is 1030. The van der Waals surface area contributed by atoms with Crippen LogP contribution in [-0.2, 0) is 11.3 Å². The van der Waals surface area contributed by atoms with Crippen LogP contribution >= 0.6 is 11.3 Å². The second-order valence-corrected chi connectivity index (χ2v) is 9.21. The predicted molar refractivity (Wildman–Crippen MR) is 117 cm³/mol. The van der Waals surface area contributed by atoms with Crippen molar-refractivity contribution in [3.63, 3.8) is 0 Å². The molecular weight excluding hydrogens is 396 g/mol. The van der Waals surface area contributed by atoms with Crippen LogP contribution in [0.3, 0.4) is 0 Å². The predicted octanol–water partition coefficient (Wildman–Crippen LogP) is 4.33. The maximum absolute atomic E-state index is 12.3. The molecule has 0 spiro atoms. The third kappa shape index (κ3) is 3.86. The number of para-hydroxylation sites is 1. The van der Waals surface area contributed by atoms with E-state index in [0.717, 1.165) is 72.3 Å². The number of nitrogens with zero attached hydrogens (tertiary/aromatic N) is 4. The minimum atomic E-state index is 0.325. The summed E-state index contributed by atoms with van der Waals surface area (Å²) < 4.78 is 7.72. The minimum absolute atomic E-state index is 0.325. The Morgan fingerprint density at radius 2 is 1.97 bits per heavy atom. The van der Waals surface area contributed by atoms with Gasteiger partial charge in [0.15, 0.2) is 5.82 Å². The van der Waals surface area contributed by atoms with Crippen LogP contribution in [0.5, 0.6) is 5.75 Å². The molecule has 1 aliphatic carbocycles. The second kappa shape index (κ2) is 8.22. The molecule has 2 aromatic heterocycles. The van der Waals surface area contributed by atoms with Gasteiger partial charge in [-0.1, -0.05) is 12.1 Å². The van der Waals surface area contributed by atoms with E-state index in [-0.39, 0.29) is 0 Å². The van der Waals surface area contributed by atoms with Gasteiger partial charge in [-0.3, -0.25) is 4.79 Å². The molecule has 1 aromatic carbocycles. The summed E-state index contributed by atoms with van der Waals surface area (Å²) in [4.78, 5) is 24.7. The highest BCUT2D eigenvalue weighted by molar-refractivity contribution is 7.18. The molecule has 0 atom stereocenters. The average Bonchev–Trinajstić information content (AvgIpc) is 3.35. The first-order chi connectivity index (χ1) is 14.7. The Hall–Kier alpha value is -2.67. The largest absolute Gasteiger partial charge is 0.496 e. The number of ether oxygens (including phenoxy) is 1. The fourth-order valence-electron chi connectivity index (χ4n) is 4.21. The monoisotopic (exact) mass is 422 g/mol. The van der Waals surface area contributed by atoms with E-state index in [2.05, 4.69) is 25.6 Å². The van der Waals surface area contributed by atoms with Gasteiger partial charge < -0.3 is 14.2 Å². The van der Waals surface area contributed by atoms with E-state index < -0.39 is 0 Å². The van der Waals surface area contributed by atoms with E-state index in [9.17, 15) is 4.79 Å². The van der Waals surface area contributed by atoms with Crippen molar-refractivity contribution in [1.29, 1.82) is 0 Å². The number of thiazole rings is 1. The van der Waals surface area contributed by atoms with Crippen molar-refractivity contribution in [2.75, 3.05) is 20.2 Å². The number of likely N-dealkylation sites (tertiary alicyclic amines) is 1. The summed E-state index contributed by atoms with van der Waals surface area (Å²) in [6, 6.07) is 7.95. The summed E-state index contributed by atoms with van der Waals surface area (Å²) in [6.45, 7) is 2.72. The Balaban J connectivity index is 1.28. The molecule has 7 heteroatoms. The number of carbonyl (C=O) groups is 1. The standard InChI is InChI=1S/C23H26N4O2S/c1-29-19-5-3-2-4-18(19)22-25-14-20(30-22)21-24-10-13-27(21)15-16-8-11-26(12-9-16)23(28)17-6-7-17/h2-5,10,13-14,16-17H,6-9,11-12,15H2,1H3. The fourth-order valence-corrected chi connectivity index (χ4v) is 5.17. The number of piperidine rings is 1. The van der Waals surface area contributed by atoms with Gasteiger partial charge in [-0.25, -0.2) is 9.97 Å². The number of rotatable bonds is 6. The average molecular weight is 423 g/mol. The SMILES string of the molecule is COc1ccccc1-c1ncc(-c2nccn2CC2CCN(C(=O)C3CC3)CC2)s1. The normalized spacial score (nSPS) is 17.3. The molecule has 156 valence electrons. The van der Waals surface area contributed by atoms with Crippen molar-refractivity contribution >= 4 is 17.2 Å². The van der Waals surface area contributed by atoms with Crippen molar-refractivity contribution in [3.8, 4) is 27.0 Å². The molecule has 1 amide bonds. The molecule has 0 unspecified atom stereocenters. The van der Waals surface area contributed by atoms with Crippen LogP contribution < -0.4 is 4.74 Å². The highest BCUT2D eigenvalue weighted by Crippen LogP contribution is 2.36. The molecule has 0 N–H and O–H groups in total. The summed E-state index contributed by atoms with van der Waals surface area (Å²) in [5.74, 6) is 3.07. The van der Waals surface area contributed by atoms with E-state index >= 15 is 0 Å². The summed E-state index contributed by atoms with van der Waals surface area (Å²) in [5, 5.41) is 0.934. The van der Waals surface area contributed by atoms with Crippen LogP contribution in [-0.4, -0.2) is 45.5 Å². The molecule has 6 nitrogen and oxygen atoms in total. The quantitative estimate of drug-likeness (QED) is 0.593. The molecule has 1 aliphatic heterocycles. The van der Waals surface area contributed by atoms with E-state index in [1.807, 2.05) is 36.7 Å². The maximum Gasteiger partial charge on any atom is 0.225 e. The summed E-state index contributed by atoms with van der Waals surface area (Å²) in [6.07, 6.45) is 10.1. The third-order valence-corrected chi connectivity index (χ3v) is 7.11. The molecule has 30 heavy (non-hydrogen) atoms. The van der Waals surface area contributed by atoms with Crippen molar-refractivity contribution in [2.24, 2.45) is 11.8 Å². The smallest absolute Gasteiger partial charge is 0.225 e. The van der Waals surface area contributed by atoms with Gasteiger partial charge in [0.25, 0.3) is 0 Å². The van der Waals surface area contributed by atoms with Crippen molar-refractivity contribution in [3.05, 3.63) is 42.9 Å². The number of benzene rings is 1. The van der Waals surface area contributed by atoms with Gasteiger partial charge in [-0.15, -0.1) is 11.3 Å². The highest BCUT2D eigenvalue weighted by atomic mass is 32.1. The van der Waals surface area contributed by atoms with Gasteiger partial charge in [-0.2, -0.15) is 0 Å². The number of hydrogen-bond acceptors (Lipinski definition) is 5. The summed E-state index contributed by atoms with van der Waals surface area (Å²) in [5.41, 5.74) is 1.00. The van der Waals surface area contributed by atoms with Crippen LogP contribution in [0.25, 0.3) is 21.3 Å². The highest BCUT2D eigenvalue weighted by Gasteiger charge is 2.35. The number of imidazole rings is 1. The Morgan fingerprint density at radius 1 is 1.17 bits per heavy atom. The molecule has 1 saturated carbocycles. The maximum atomic E-state index is 12.3. The van der Waals surface area contributed by atoms with E-state index in [1.54, 1.807) is 18.4 Å². The summed E-state index contributed by atoms with van der Waals surface area (Å²) in [7, 11) is 1.68. The van der Waals surface area contributed by atoms with Crippen LogP contribution in [0, 0.1) is 11.8 Å². The number of hydrogen-bond donors (Lipinski definition) is 0. The zero-order valence-electron chi connectivity index (χ0n) is 17.2. The zero-order chi connectivity index (χ0) is 20.5. The van der Waals surface area contributed by atoms with Crippen LogP contribution in [0.2, 0.25) is 0 Å². The van der Waals surface area contributed by atoms with Gasteiger partial charge in [0.1, 0.15) is 10.8 Å². The molecule has 1 saturated heterocycles. The van der Waals surface area contributed by atoms with E-state index in [4.69, 9.17) is 4.74 Å². The third-order valence-electron chi connectivity index (χ3n) is 6.09. The lowest BCUT2D eigenvalue weighted by Crippen LogP contribution is -2.40. The number of amides is 1. The molecule has 5 rings (SSSR count). The first-order valence-electron chi connectivity index (χ1n) is 10.6. The lowest BCUT2D eigenvalue weighted by molar-refractivity contribution is -0.134.